The molecule has 17 heavy (non-hydrogen) atoms. The van der Waals surface area contributed by atoms with Gasteiger partial charge < -0.3 is 10.5 Å². The van der Waals surface area contributed by atoms with E-state index in [0.717, 1.165) is 12.0 Å². The van der Waals surface area contributed by atoms with Crippen molar-refractivity contribution in [3.05, 3.63) is 35.4 Å². The molecule has 1 rings (SSSR count). The highest BCUT2D eigenvalue weighted by molar-refractivity contribution is 7.80. The normalized spacial score (nSPS) is 11.9. The summed E-state index contributed by atoms with van der Waals surface area (Å²) in [6.45, 7) is 3.85. The van der Waals surface area contributed by atoms with Crippen LogP contribution in [0.1, 0.15) is 36.2 Å². The topological polar surface area (TPSA) is 52.3 Å². The fraction of sp³-hybridized carbons (Fsp3) is 0.385. The van der Waals surface area contributed by atoms with Gasteiger partial charge in [0.25, 0.3) is 0 Å². The molecule has 0 saturated heterocycles. The molecule has 0 fully saturated rings. The van der Waals surface area contributed by atoms with Crippen LogP contribution in [0.15, 0.2) is 24.3 Å². The average molecular weight is 251 g/mol. The zero-order chi connectivity index (χ0) is 12.8. The van der Waals surface area contributed by atoms with Crippen molar-refractivity contribution >= 4 is 23.2 Å². The molecule has 0 aliphatic carbocycles. The Kier molecular flexibility index (Phi) is 5.10. The molecular formula is C13H17NO2S. The Morgan fingerprint density at radius 3 is 2.47 bits per heavy atom. The van der Waals surface area contributed by atoms with Crippen LogP contribution in [0.25, 0.3) is 0 Å². The molecule has 4 heteroatoms. The third kappa shape index (κ3) is 4.53. The Morgan fingerprint density at radius 2 is 2.00 bits per heavy atom. The van der Waals surface area contributed by atoms with Crippen molar-refractivity contribution in [1.29, 1.82) is 0 Å². The van der Waals surface area contributed by atoms with Gasteiger partial charge in [0.1, 0.15) is 0 Å². The van der Waals surface area contributed by atoms with Crippen molar-refractivity contribution in [2.24, 2.45) is 5.73 Å². The number of benzene rings is 1. The summed E-state index contributed by atoms with van der Waals surface area (Å²) in [6.07, 6.45) is 1.31. The summed E-state index contributed by atoms with van der Waals surface area (Å²) in [5.74, 6) is -0.291. The van der Waals surface area contributed by atoms with E-state index < -0.39 is 0 Å². The summed E-state index contributed by atoms with van der Waals surface area (Å²) in [7, 11) is 0. The summed E-state index contributed by atoms with van der Waals surface area (Å²) in [4.78, 5) is 12.1. The van der Waals surface area contributed by atoms with E-state index in [0.29, 0.717) is 17.0 Å². The lowest BCUT2D eigenvalue weighted by Gasteiger charge is -2.10. The number of rotatable bonds is 5. The molecule has 0 aliphatic heterocycles. The molecule has 0 spiro atoms. The molecule has 0 radical (unpaired) electrons. The first kappa shape index (κ1) is 13.6. The first-order valence-corrected chi connectivity index (χ1v) is 6.02. The molecular weight excluding hydrogens is 234 g/mol. The predicted molar refractivity (Wildman–Crippen MR) is 72.1 cm³/mol. The molecule has 0 bridgehead atoms. The van der Waals surface area contributed by atoms with Gasteiger partial charge in [-0.25, -0.2) is 4.79 Å². The molecule has 92 valence electrons. The molecule has 0 heterocycles. The summed E-state index contributed by atoms with van der Waals surface area (Å²) in [6, 6.07) is 7.15. The van der Waals surface area contributed by atoms with Crippen LogP contribution < -0.4 is 5.73 Å². The second-order valence-electron chi connectivity index (χ2n) is 3.96. The third-order valence-electron chi connectivity index (χ3n) is 2.45. The van der Waals surface area contributed by atoms with Gasteiger partial charge in [-0.1, -0.05) is 31.3 Å². The lowest BCUT2D eigenvalue weighted by Crippen LogP contribution is -2.14. The minimum atomic E-state index is -0.291. The van der Waals surface area contributed by atoms with E-state index in [1.54, 1.807) is 12.1 Å². The van der Waals surface area contributed by atoms with Gasteiger partial charge in [-0.15, -0.1) is 0 Å². The number of carbonyl (C=O) groups is 1. The second-order valence-corrected chi connectivity index (χ2v) is 4.49. The zero-order valence-corrected chi connectivity index (χ0v) is 10.9. The second kappa shape index (κ2) is 6.35. The van der Waals surface area contributed by atoms with Crippen LogP contribution in [0.2, 0.25) is 0 Å². The van der Waals surface area contributed by atoms with Crippen LogP contribution in [-0.2, 0) is 11.2 Å². The lowest BCUT2D eigenvalue weighted by molar-refractivity contribution is 0.0334. The summed E-state index contributed by atoms with van der Waals surface area (Å²) < 4.78 is 5.22. The van der Waals surface area contributed by atoms with Crippen molar-refractivity contribution in [2.75, 3.05) is 0 Å². The SMILES string of the molecule is CCC(C)OC(=O)c1ccc(CC(N)=S)cc1. The van der Waals surface area contributed by atoms with E-state index in [1.807, 2.05) is 26.0 Å². The van der Waals surface area contributed by atoms with Crippen LogP contribution in [0.3, 0.4) is 0 Å². The maximum Gasteiger partial charge on any atom is 0.338 e. The largest absolute Gasteiger partial charge is 0.459 e. The number of thiocarbonyl (C=S) groups is 1. The number of hydrogen-bond donors (Lipinski definition) is 1. The van der Waals surface area contributed by atoms with E-state index in [1.165, 1.54) is 0 Å². The standard InChI is InChI=1S/C13H17NO2S/c1-3-9(2)16-13(15)11-6-4-10(5-7-11)8-12(14)17/h4-7,9H,3,8H2,1-2H3,(H2,14,17). The number of hydrogen-bond acceptors (Lipinski definition) is 3. The summed E-state index contributed by atoms with van der Waals surface area (Å²) in [5, 5.41) is 0. The monoisotopic (exact) mass is 251 g/mol. The van der Waals surface area contributed by atoms with Gasteiger partial charge in [0.15, 0.2) is 0 Å². The molecule has 2 N–H and O–H groups in total. The highest BCUT2D eigenvalue weighted by atomic mass is 32.1. The van der Waals surface area contributed by atoms with Crippen molar-refractivity contribution < 1.29 is 9.53 Å². The van der Waals surface area contributed by atoms with Crippen molar-refractivity contribution in [3.63, 3.8) is 0 Å². The maximum atomic E-state index is 11.7. The molecule has 1 aromatic rings. The molecule has 0 aromatic heterocycles. The highest BCUT2D eigenvalue weighted by Crippen LogP contribution is 2.09. The minimum Gasteiger partial charge on any atom is -0.459 e. The molecule has 1 atom stereocenters. The van der Waals surface area contributed by atoms with Crippen molar-refractivity contribution in [3.8, 4) is 0 Å². The van der Waals surface area contributed by atoms with E-state index in [2.05, 4.69) is 0 Å². The fourth-order valence-electron chi connectivity index (χ4n) is 1.29. The maximum absolute atomic E-state index is 11.7. The first-order valence-electron chi connectivity index (χ1n) is 5.61. The molecule has 1 unspecified atom stereocenters. The quantitative estimate of drug-likeness (QED) is 0.645. The Morgan fingerprint density at radius 1 is 1.41 bits per heavy atom. The highest BCUT2D eigenvalue weighted by Gasteiger charge is 2.10. The van der Waals surface area contributed by atoms with Gasteiger partial charge in [0.05, 0.1) is 16.7 Å². The number of ether oxygens (including phenoxy) is 1. The van der Waals surface area contributed by atoms with Crippen LogP contribution in [-0.4, -0.2) is 17.1 Å². The number of nitrogens with two attached hydrogens (primary N) is 1. The number of esters is 1. The lowest BCUT2D eigenvalue weighted by atomic mass is 10.1. The Labute approximate surface area is 107 Å². The van der Waals surface area contributed by atoms with Crippen molar-refractivity contribution in [2.45, 2.75) is 32.8 Å². The van der Waals surface area contributed by atoms with Gasteiger partial charge in [-0.3, -0.25) is 0 Å². The smallest absolute Gasteiger partial charge is 0.338 e. The summed E-state index contributed by atoms with van der Waals surface area (Å²) in [5.41, 5.74) is 7.00. The molecule has 0 aliphatic rings. The summed E-state index contributed by atoms with van der Waals surface area (Å²) >= 11 is 4.82. The molecule has 0 saturated carbocycles. The minimum absolute atomic E-state index is 0.0567. The van der Waals surface area contributed by atoms with E-state index in [-0.39, 0.29) is 12.1 Å². The van der Waals surface area contributed by atoms with Gasteiger partial charge in [0.2, 0.25) is 0 Å². The Hall–Kier alpha value is -1.42. The van der Waals surface area contributed by atoms with E-state index in [4.69, 9.17) is 22.7 Å². The zero-order valence-electron chi connectivity index (χ0n) is 10.1. The van der Waals surface area contributed by atoms with Crippen LogP contribution in [0, 0.1) is 0 Å². The third-order valence-corrected chi connectivity index (χ3v) is 2.60. The van der Waals surface area contributed by atoms with Gasteiger partial charge in [-0.2, -0.15) is 0 Å². The number of carbonyl (C=O) groups excluding carboxylic acids is 1. The van der Waals surface area contributed by atoms with Gasteiger partial charge >= 0.3 is 5.97 Å². The Balaban J connectivity index is 2.67. The van der Waals surface area contributed by atoms with E-state index >= 15 is 0 Å². The van der Waals surface area contributed by atoms with Crippen LogP contribution in [0.5, 0.6) is 0 Å². The van der Waals surface area contributed by atoms with Crippen molar-refractivity contribution in [1.82, 2.24) is 0 Å². The average Bonchev–Trinajstić information content (AvgIpc) is 2.28. The molecule has 3 nitrogen and oxygen atoms in total. The molecule has 1 aromatic carbocycles. The van der Waals surface area contributed by atoms with E-state index in [9.17, 15) is 4.79 Å². The fourth-order valence-corrected chi connectivity index (χ4v) is 1.46. The predicted octanol–water partition coefficient (Wildman–Crippen LogP) is 2.47. The Bertz CT molecular complexity index is 400. The van der Waals surface area contributed by atoms with Gasteiger partial charge in [-0.05, 0) is 31.0 Å². The van der Waals surface area contributed by atoms with Gasteiger partial charge in [0, 0.05) is 6.42 Å². The first-order chi connectivity index (χ1) is 8.02. The molecule has 0 amide bonds. The van der Waals surface area contributed by atoms with Crippen LogP contribution >= 0.6 is 12.2 Å². The van der Waals surface area contributed by atoms with Crippen LogP contribution in [0.4, 0.5) is 0 Å².